The summed E-state index contributed by atoms with van der Waals surface area (Å²) in [7, 11) is 0. The van der Waals surface area contributed by atoms with E-state index < -0.39 is 0 Å². The molecule has 2 nitrogen and oxygen atoms in total. The summed E-state index contributed by atoms with van der Waals surface area (Å²) in [5.74, 6) is -0.187. The molecule has 0 saturated heterocycles. The molecule has 0 bridgehead atoms. The van der Waals surface area contributed by atoms with Crippen LogP contribution in [0.2, 0.25) is 0 Å². The van der Waals surface area contributed by atoms with Crippen LogP contribution in [0.3, 0.4) is 0 Å². The summed E-state index contributed by atoms with van der Waals surface area (Å²) in [6, 6.07) is 0. The van der Waals surface area contributed by atoms with E-state index in [1.807, 2.05) is 6.08 Å². The highest BCUT2D eigenvalue weighted by atomic mass is 16.5. The molecule has 16 heavy (non-hydrogen) atoms. The second-order valence-corrected chi connectivity index (χ2v) is 4.13. The lowest BCUT2D eigenvalue weighted by Crippen LogP contribution is -2.02. The fraction of sp³-hybridized carbons (Fsp3) is 0.786. The average Bonchev–Trinajstić information content (AvgIpc) is 2.28. The van der Waals surface area contributed by atoms with Gasteiger partial charge in [0, 0.05) is 6.08 Å². The van der Waals surface area contributed by atoms with Gasteiger partial charge in [-0.1, -0.05) is 52.0 Å². The van der Waals surface area contributed by atoms with E-state index in [1.54, 1.807) is 6.08 Å². The SMILES string of the molecule is CCCCC/C=C/C(=O)OCCCCCC. The fourth-order valence-electron chi connectivity index (χ4n) is 1.44. The molecule has 0 unspecified atom stereocenters. The number of carbonyl (C=O) groups is 1. The highest BCUT2D eigenvalue weighted by molar-refractivity contribution is 5.81. The van der Waals surface area contributed by atoms with E-state index in [0.29, 0.717) is 6.61 Å². The van der Waals surface area contributed by atoms with Crippen LogP contribution in [0.25, 0.3) is 0 Å². The molecule has 94 valence electrons. The molecule has 0 aromatic heterocycles. The number of rotatable bonds is 10. The number of carbonyl (C=O) groups excluding carboxylic acids is 1. The number of ether oxygens (including phenoxy) is 1. The number of esters is 1. The fourth-order valence-corrected chi connectivity index (χ4v) is 1.44. The van der Waals surface area contributed by atoms with E-state index in [4.69, 9.17) is 4.74 Å². The van der Waals surface area contributed by atoms with Crippen molar-refractivity contribution in [3.8, 4) is 0 Å². The molecule has 0 heterocycles. The first-order valence-electron chi connectivity index (χ1n) is 6.64. The van der Waals surface area contributed by atoms with Gasteiger partial charge < -0.3 is 4.74 Å². The summed E-state index contributed by atoms with van der Waals surface area (Å²) in [5, 5.41) is 0. The van der Waals surface area contributed by atoms with Gasteiger partial charge in [-0.25, -0.2) is 4.79 Å². The van der Waals surface area contributed by atoms with Crippen molar-refractivity contribution >= 4 is 5.97 Å². The molecule has 0 rings (SSSR count). The van der Waals surface area contributed by atoms with Crippen LogP contribution in [-0.4, -0.2) is 12.6 Å². The van der Waals surface area contributed by atoms with Crippen LogP contribution in [0.4, 0.5) is 0 Å². The van der Waals surface area contributed by atoms with Gasteiger partial charge in [0.1, 0.15) is 0 Å². The molecule has 0 fully saturated rings. The number of unbranched alkanes of at least 4 members (excludes halogenated alkanes) is 6. The Hall–Kier alpha value is -0.790. The summed E-state index contributed by atoms with van der Waals surface area (Å²) in [6.45, 7) is 4.91. The van der Waals surface area contributed by atoms with Crippen LogP contribution >= 0.6 is 0 Å². The van der Waals surface area contributed by atoms with E-state index >= 15 is 0 Å². The Bertz CT molecular complexity index is 185. The first-order chi connectivity index (χ1) is 7.81. The van der Waals surface area contributed by atoms with Crippen molar-refractivity contribution in [3.05, 3.63) is 12.2 Å². The molecule has 0 aliphatic heterocycles. The minimum Gasteiger partial charge on any atom is -0.463 e. The van der Waals surface area contributed by atoms with Crippen molar-refractivity contribution in [2.75, 3.05) is 6.61 Å². The molecule has 0 aromatic rings. The Morgan fingerprint density at radius 2 is 1.69 bits per heavy atom. The highest BCUT2D eigenvalue weighted by Crippen LogP contribution is 2.01. The molecule has 0 spiro atoms. The molecule has 0 atom stereocenters. The van der Waals surface area contributed by atoms with E-state index in [-0.39, 0.29) is 5.97 Å². The van der Waals surface area contributed by atoms with Crippen molar-refractivity contribution in [1.29, 1.82) is 0 Å². The zero-order chi connectivity index (χ0) is 12.1. The third-order valence-electron chi connectivity index (χ3n) is 2.47. The van der Waals surface area contributed by atoms with Crippen LogP contribution < -0.4 is 0 Å². The predicted octanol–water partition coefficient (Wildman–Crippen LogP) is 4.25. The maximum atomic E-state index is 11.2. The summed E-state index contributed by atoms with van der Waals surface area (Å²) < 4.78 is 5.07. The van der Waals surface area contributed by atoms with Crippen LogP contribution in [0.15, 0.2) is 12.2 Å². The molecule has 0 aliphatic rings. The number of hydrogen-bond donors (Lipinski definition) is 0. The molecular formula is C14H26O2. The second kappa shape index (κ2) is 12.3. The minimum atomic E-state index is -0.187. The standard InChI is InChI=1S/C14H26O2/c1-3-5-7-9-10-12-14(15)16-13-11-8-6-4-2/h10,12H,3-9,11,13H2,1-2H3/b12-10+. The zero-order valence-electron chi connectivity index (χ0n) is 10.8. The Kier molecular flexibility index (Phi) is 11.7. The van der Waals surface area contributed by atoms with Crippen LogP contribution in [0.1, 0.15) is 65.2 Å². The van der Waals surface area contributed by atoms with Crippen LogP contribution in [0.5, 0.6) is 0 Å². The Morgan fingerprint density at radius 1 is 1.00 bits per heavy atom. The zero-order valence-corrected chi connectivity index (χ0v) is 10.8. The lowest BCUT2D eigenvalue weighted by Gasteiger charge is -2.00. The first-order valence-corrected chi connectivity index (χ1v) is 6.64. The average molecular weight is 226 g/mol. The Balaban J connectivity index is 3.29. The minimum absolute atomic E-state index is 0.187. The van der Waals surface area contributed by atoms with E-state index in [2.05, 4.69) is 13.8 Å². The summed E-state index contributed by atoms with van der Waals surface area (Å²) in [5.41, 5.74) is 0. The molecular weight excluding hydrogens is 200 g/mol. The third-order valence-corrected chi connectivity index (χ3v) is 2.47. The highest BCUT2D eigenvalue weighted by Gasteiger charge is 1.95. The first kappa shape index (κ1) is 15.2. The normalized spacial score (nSPS) is 10.9. The molecule has 0 aliphatic carbocycles. The van der Waals surface area contributed by atoms with E-state index in [0.717, 1.165) is 25.7 Å². The van der Waals surface area contributed by atoms with Crippen molar-refractivity contribution in [1.82, 2.24) is 0 Å². The van der Waals surface area contributed by atoms with Crippen molar-refractivity contribution in [3.63, 3.8) is 0 Å². The topological polar surface area (TPSA) is 26.3 Å². The van der Waals surface area contributed by atoms with Gasteiger partial charge in [-0.2, -0.15) is 0 Å². The Morgan fingerprint density at radius 3 is 2.38 bits per heavy atom. The maximum Gasteiger partial charge on any atom is 0.330 e. The Labute approximate surface area is 100 Å². The van der Waals surface area contributed by atoms with Gasteiger partial charge in [-0.15, -0.1) is 0 Å². The molecule has 0 amide bonds. The second-order valence-electron chi connectivity index (χ2n) is 4.13. The summed E-state index contributed by atoms with van der Waals surface area (Å²) in [4.78, 5) is 11.2. The third kappa shape index (κ3) is 11.3. The molecule has 0 N–H and O–H groups in total. The lowest BCUT2D eigenvalue weighted by atomic mass is 10.2. The van der Waals surface area contributed by atoms with Crippen molar-refractivity contribution < 1.29 is 9.53 Å². The van der Waals surface area contributed by atoms with Gasteiger partial charge in [0.25, 0.3) is 0 Å². The summed E-state index contributed by atoms with van der Waals surface area (Å²) in [6.07, 6.45) is 12.7. The van der Waals surface area contributed by atoms with Gasteiger partial charge >= 0.3 is 5.97 Å². The molecule has 2 heteroatoms. The largest absolute Gasteiger partial charge is 0.463 e. The van der Waals surface area contributed by atoms with Gasteiger partial charge in [-0.3, -0.25) is 0 Å². The summed E-state index contributed by atoms with van der Waals surface area (Å²) >= 11 is 0. The van der Waals surface area contributed by atoms with Crippen molar-refractivity contribution in [2.45, 2.75) is 65.2 Å². The number of allylic oxidation sites excluding steroid dienone is 1. The smallest absolute Gasteiger partial charge is 0.330 e. The van der Waals surface area contributed by atoms with Crippen LogP contribution in [-0.2, 0) is 9.53 Å². The van der Waals surface area contributed by atoms with Crippen molar-refractivity contribution in [2.24, 2.45) is 0 Å². The monoisotopic (exact) mass is 226 g/mol. The van der Waals surface area contributed by atoms with Crippen LogP contribution in [0, 0.1) is 0 Å². The maximum absolute atomic E-state index is 11.2. The van der Waals surface area contributed by atoms with Gasteiger partial charge in [0.2, 0.25) is 0 Å². The molecule has 0 radical (unpaired) electrons. The van der Waals surface area contributed by atoms with E-state index in [9.17, 15) is 4.79 Å². The van der Waals surface area contributed by atoms with Gasteiger partial charge in [-0.05, 0) is 19.3 Å². The molecule has 0 saturated carbocycles. The number of hydrogen-bond acceptors (Lipinski definition) is 2. The van der Waals surface area contributed by atoms with Gasteiger partial charge in [0.05, 0.1) is 6.61 Å². The quantitative estimate of drug-likeness (QED) is 0.316. The van der Waals surface area contributed by atoms with E-state index in [1.165, 1.54) is 25.7 Å². The predicted molar refractivity (Wildman–Crippen MR) is 68.4 cm³/mol. The lowest BCUT2D eigenvalue weighted by molar-refractivity contribution is -0.137. The van der Waals surface area contributed by atoms with Gasteiger partial charge in [0.15, 0.2) is 0 Å². The molecule has 0 aromatic carbocycles.